The van der Waals surface area contributed by atoms with E-state index in [1.807, 2.05) is 6.08 Å². The number of aliphatic carboxylic acids is 1. The Kier molecular flexibility index (Phi) is 9.22. The number of thioether (sulfide) groups is 1. The molecule has 0 aromatic carbocycles. The van der Waals surface area contributed by atoms with Gasteiger partial charge in [0.1, 0.15) is 12.2 Å². The van der Waals surface area contributed by atoms with Crippen LogP contribution in [-0.2, 0) is 23.9 Å². The second-order valence-corrected chi connectivity index (χ2v) is 9.54. The smallest absolute Gasteiger partial charge is 0.303 e. The molecule has 3 N–H and O–H groups in total. The van der Waals surface area contributed by atoms with Crippen molar-refractivity contribution in [3.8, 4) is 0 Å². The van der Waals surface area contributed by atoms with Crippen molar-refractivity contribution in [1.29, 1.82) is 0 Å². The lowest BCUT2D eigenvalue weighted by Gasteiger charge is -2.25. The SMILES string of the molecule is CCCCSCC(=O)NCC(=O)NC[C@@H]1[C@H](CC=CCCCC(=O)O)[C@H]2O[C@@H]1[C@H]1O[C@@H]12. The molecule has 8 nitrogen and oxygen atoms in total. The average molecular weight is 455 g/mol. The maximum absolute atomic E-state index is 12.2. The van der Waals surface area contributed by atoms with E-state index in [4.69, 9.17) is 14.6 Å². The van der Waals surface area contributed by atoms with Crippen molar-refractivity contribution < 1.29 is 29.0 Å². The summed E-state index contributed by atoms with van der Waals surface area (Å²) in [7, 11) is 0. The van der Waals surface area contributed by atoms with E-state index in [0.717, 1.165) is 31.4 Å². The maximum atomic E-state index is 12.2. The summed E-state index contributed by atoms with van der Waals surface area (Å²) in [6.07, 6.45) is 9.15. The number of ether oxygens (including phenoxy) is 2. The molecule has 2 amide bonds. The highest BCUT2D eigenvalue weighted by Gasteiger charge is 2.68. The number of amides is 2. The van der Waals surface area contributed by atoms with Crippen LogP contribution in [0.1, 0.15) is 45.4 Å². The van der Waals surface area contributed by atoms with E-state index in [9.17, 15) is 14.4 Å². The number of carbonyl (C=O) groups is 3. The maximum Gasteiger partial charge on any atom is 0.303 e. The third-order valence-electron chi connectivity index (χ3n) is 6.11. The van der Waals surface area contributed by atoms with Gasteiger partial charge in [0.05, 0.1) is 24.5 Å². The number of hydrogen-bond donors (Lipinski definition) is 3. The second-order valence-electron chi connectivity index (χ2n) is 8.44. The van der Waals surface area contributed by atoms with Gasteiger partial charge in [0.2, 0.25) is 11.8 Å². The molecule has 3 aliphatic heterocycles. The van der Waals surface area contributed by atoms with E-state index in [1.54, 1.807) is 11.8 Å². The molecule has 0 saturated carbocycles. The number of carbonyl (C=O) groups excluding carboxylic acids is 2. The van der Waals surface area contributed by atoms with E-state index < -0.39 is 5.97 Å². The summed E-state index contributed by atoms with van der Waals surface area (Å²) >= 11 is 1.59. The predicted molar refractivity (Wildman–Crippen MR) is 118 cm³/mol. The predicted octanol–water partition coefficient (Wildman–Crippen LogP) is 1.73. The number of carboxylic acid groups (broad SMARTS) is 1. The molecule has 0 unspecified atom stereocenters. The van der Waals surface area contributed by atoms with Gasteiger partial charge >= 0.3 is 5.97 Å². The lowest BCUT2D eigenvalue weighted by molar-refractivity contribution is -0.137. The van der Waals surface area contributed by atoms with Crippen LogP contribution < -0.4 is 10.6 Å². The van der Waals surface area contributed by atoms with E-state index >= 15 is 0 Å². The topological polar surface area (TPSA) is 117 Å². The fourth-order valence-electron chi connectivity index (χ4n) is 4.43. The van der Waals surface area contributed by atoms with E-state index in [-0.39, 0.29) is 61.0 Å². The van der Waals surface area contributed by atoms with Crippen LogP contribution in [0.15, 0.2) is 12.2 Å². The van der Waals surface area contributed by atoms with Crippen LogP contribution in [0.5, 0.6) is 0 Å². The fourth-order valence-corrected chi connectivity index (χ4v) is 5.36. The van der Waals surface area contributed by atoms with Crippen LogP contribution in [0.4, 0.5) is 0 Å². The van der Waals surface area contributed by atoms with Crippen LogP contribution in [0, 0.1) is 11.8 Å². The van der Waals surface area contributed by atoms with Crippen molar-refractivity contribution in [2.45, 2.75) is 69.9 Å². The third kappa shape index (κ3) is 6.95. The van der Waals surface area contributed by atoms with Crippen LogP contribution >= 0.6 is 11.8 Å². The lowest BCUT2D eigenvalue weighted by Crippen LogP contribution is -2.44. The molecule has 0 aromatic rings. The molecule has 3 heterocycles. The van der Waals surface area contributed by atoms with Crippen molar-refractivity contribution in [3.63, 3.8) is 0 Å². The van der Waals surface area contributed by atoms with Gasteiger partial charge in [-0.1, -0.05) is 25.5 Å². The highest BCUT2D eigenvalue weighted by atomic mass is 32.2. The third-order valence-corrected chi connectivity index (χ3v) is 7.15. The molecular formula is C22H34N2O6S. The summed E-state index contributed by atoms with van der Waals surface area (Å²) in [6, 6.07) is 0. The van der Waals surface area contributed by atoms with Gasteiger partial charge in [-0.25, -0.2) is 0 Å². The fraction of sp³-hybridized carbons (Fsp3) is 0.773. The number of hydrogen-bond acceptors (Lipinski definition) is 6. The van der Waals surface area contributed by atoms with Gasteiger partial charge in [-0.05, 0) is 37.4 Å². The summed E-state index contributed by atoms with van der Waals surface area (Å²) in [5.41, 5.74) is 0. The summed E-state index contributed by atoms with van der Waals surface area (Å²) < 4.78 is 11.8. The minimum Gasteiger partial charge on any atom is -0.481 e. The number of rotatable bonds is 15. The summed E-state index contributed by atoms with van der Waals surface area (Å²) in [5, 5.41) is 14.3. The number of unbranched alkanes of at least 4 members (excludes halogenated alkanes) is 2. The van der Waals surface area contributed by atoms with Crippen molar-refractivity contribution in [3.05, 3.63) is 12.2 Å². The molecular weight excluding hydrogens is 420 g/mol. The first kappa shape index (κ1) is 24.1. The molecule has 0 spiro atoms. The van der Waals surface area contributed by atoms with E-state index in [1.165, 1.54) is 0 Å². The molecule has 6 atom stereocenters. The normalized spacial score (nSPS) is 30.4. The van der Waals surface area contributed by atoms with Gasteiger partial charge in [-0.15, -0.1) is 0 Å². The first-order valence-electron chi connectivity index (χ1n) is 11.3. The highest BCUT2D eigenvalue weighted by molar-refractivity contribution is 7.99. The molecule has 0 aromatic heterocycles. The average Bonchev–Trinajstić information content (AvgIpc) is 3.37. The van der Waals surface area contributed by atoms with Gasteiger partial charge in [0.25, 0.3) is 0 Å². The zero-order valence-electron chi connectivity index (χ0n) is 18.1. The van der Waals surface area contributed by atoms with E-state index in [2.05, 4.69) is 23.6 Å². The molecule has 9 heteroatoms. The minimum atomic E-state index is -0.769. The number of carboxylic acids is 1. The standard InChI is InChI=1S/C22H34N2O6S/c1-2-3-10-31-13-17(26)24-12-16(25)23-11-15-14(8-6-4-5-7-9-18(27)28)19-21-22(30-21)20(15)29-19/h4,6,14-15,19-22H,2-3,5,7-13H2,1H3,(H,23,25)(H,24,26)(H,27,28)/t14-,15+,19+,20-,21+,22+/m0/s1. The molecule has 0 aliphatic carbocycles. The summed E-state index contributed by atoms with van der Waals surface area (Å²) in [5.74, 6) is 0.727. The molecule has 2 bridgehead atoms. The first-order chi connectivity index (χ1) is 15.0. The Bertz CT molecular complexity index is 672. The Morgan fingerprint density at radius 1 is 0.968 bits per heavy atom. The zero-order valence-corrected chi connectivity index (χ0v) is 18.9. The molecule has 174 valence electrons. The monoisotopic (exact) mass is 454 g/mol. The Morgan fingerprint density at radius 2 is 1.71 bits per heavy atom. The zero-order chi connectivity index (χ0) is 22.2. The van der Waals surface area contributed by atoms with Crippen molar-refractivity contribution >= 4 is 29.5 Å². The van der Waals surface area contributed by atoms with Gasteiger partial charge in [-0.2, -0.15) is 11.8 Å². The van der Waals surface area contributed by atoms with Crippen LogP contribution in [-0.4, -0.2) is 71.9 Å². The Morgan fingerprint density at radius 3 is 2.45 bits per heavy atom. The Labute approximate surface area is 187 Å². The molecule has 3 aliphatic rings. The summed E-state index contributed by atoms with van der Waals surface area (Å²) in [4.78, 5) is 34.6. The van der Waals surface area contributed by atoms with Crippen molar-refractivity contribution in [2.24, 2.45) is 11.8 Å². The Hall–Kier alpha value is -1.58. The molecule has 31 heavy (non-hydrogen) atoms. The number of epoxide rings is 1. The first-order valence-corrected chi connectivity index (χ1v) is 12.5. The number of fused-ring (bicyclic) bond motifs is 5. The second kappa shape index (κ2) is 11.9. The van der Waals surface area contributed by atoms with Gasteiger partial charge in [0, 0.05) is 18.9 Å². The van der Waals surface area contributed by atoms with Crippen LogP contribution in [0.3, 0.4) is 0 Å². The lowest BCUT2D eigenvalue weighted by atomic mass is 9.77. The van der Waals surface area contributed by atoms with Crippen molar-refractivity contribution in [2.75, 3.05) is 24.6 Å². The number of allylic oxidation sites excluding steroid dienone is 2. The van der Waals surface area contributed by atoms with Gasteiger partial charge in [-0.3, -0.25) is 14.4 Å². The molecule has 3 fully saturated rings. The molecule has 3 rings (SSSR count). The van der Waals surface area contributed by atoms with Crippen molar-refractivity contribution in [1.82, 2.24) is 10.6 Å². The minimum absolute atomic E-state index is 0.00839. The van der Waals surface area contributed by atoms with E-state index in [0.29, 0.717) is 18.7 Å². The quantitative estimate of drug-likeness (QED) is 0.196. The van der Waals surface area contributed by atoms with Gasteiger partial charge < -0.3 is 25.2 Å². The largest absolute Gasteiger partial charge is 0.481 e. The van der Waals surface area contributed by atoms with Gasteiger partial charge in [0.15, 0.2) is 0 Å². The molecule has 0 radical (unpaired) electrons. The van der Waals surface area contributed by atoms with Crippen LogP contribution in [0.2, 0.25) is 0 Å². The number of nitrogens with one attached hydrogen (secondary N) is 2. The molecule has 3 saturated heterocycles. The Balaban J connectivity index is 1.36. The highest BCUT2D eigenvalue weighted by Crippen LogP contribution is 2.54. The van der Waals surface area contributed by atoms with Crippen LogP contribution in [0.25, 0.3) is 0 Å². The summed E-state index contributed by atoms with van der Waals surface area (Å²) in [6.45, 7) is 2.61.